The highest BCUT2D eigenvalue weighted by molar-refractivity contribution is 9.10. The maximum atomic E-state index is 9.47. The lowest BCUT2D eigenvalue weighted by Crippen LogP contribution is -2.09. The molecule has 0 radical (unpaired) electrons. The second-order valence-electron chi connectivity index (χ2n) is 5.42. The minimum Gasteiger partial charge on any atom is -0.244 e. The standard InChI is InChI=1S/C17H15BrN2S/c1-11-6-7-16-13(8-11)14(9-19)17(21-16)20-10-12-4-2-3-5-15(12)18/h2-5,10-11H,6-8H2,1H3/b20-10+. The Labute approximate surface area is 137 Å². The first-order valence-corrected chi connectivity index (χ1v) is 8.63. The number of nitrogens with zero attached hydrogens (tertiary/aromatic N) is 2. The van der Waals surface area contributed by atoms with Gasteiger partial charge in [-0.15, -0.1) is 11.3 Å². The van der Waals surface area contributed by atoms with Crippen molar-refractivity contribution in [1.82, 2.24) is 0 Å². The normalized spacial score (nSPS) is 17.7. The molecule has 0 bridgehead atoms. The molecule has 1 unspecified atom stereocenters. The zero-order chi connectivity index (χ0) is 14.8. The van der Waals surface area contributed by atoms with Gasteiger partial charge in [0.05, 0.1) is 5.56 Å². The van der Waals surface area contributed by atoms with Gasteiger partial charge in [0.2, 0.25) is 0 Å². The Kier molecular flexibility index (Phi) is 4.23. The molecule has 3 rings (SSSR count). The quantitative estimate of drug-likeness (QED) is 0.674. The average Bonchev–Trinajstić information content (AvgIpc) is 2.83. The maximum Gasteiger partial charge on any atom is 0.134 e. The topological polar surface area (TPSA) is 36.1 Å². The van der Waals surface area contributed by atoms with E-state index in [1.165, 1.54) is 16.9 Å². The van der Waals surface area contributed by atoms with Crippen molar-refractivity contribution < 1.29 is 0 Å². The molecule has 1 atom stereocenters. The van der Waals surface area contributed by atoms with Gasteiger partial charge in [-0.25, -0.2) is 4.99 Å². The van der Waals surface area contributed by atoms with Crippen molar-refractivity contribution in [3.8, 4) is 6.07 Å². The lowest BCUT2D eigenvalue weighted by Gasteiger charge is -2.17. The van der Waals surface area contributed by atoms with Gasteiger partial charge in [0.25, 0.3) is 0 Å². The average molecular weight is 359 g/mol. The molecule has 0 saturated carbocycles. The third kappa shape index (κ3) is 2.95. The second kappa shape index (κ2) is 6.13. The molecule has 1 heterocycles. The Morgan fingerprint density at radius 1 is 1.43 bits per heavy atom. The highest BCUT2D eigenvalue weighted by Crippen LogP contribution is 2.40. The minimum absolute atomic E-state index is 0.666. The zero-order valence-electron chi connectivity index (χ0n) is 11.8. The number of aryl methyl sites for hydroxylation is 1. The summed E-state index contributed by atoms with van der Waals surface area (Å²) in [5, 5.41) is 10.3. The van der Waals surface area contributed by atoms with Crippen LogP contribution in [0.15, 0.2) is 33.7 Å². The number of halogens is 1. The Balaban J connectivity index is 1.97. The molecule has 4 heteroatoms. The van der Waals surface area contributed by atoms with Gasteiger partial charge in [-0.05, 0) is 36.8 Å². The smallest absolute Gasteiger partial charge is 0.134 e. The molecule has 1 aromatic heterocycles. The molecule has 0 saturated heterocycles. The molecule has 106 valence electrons. The third-order valence-electron chi connectivity index (χ3n) is 3.83. The summed E-state index contributed by atoms with van der Waals surface area (Å²) in [6.45, 7) is 2.26. The lowest BCUT2D eigenvalue weighted by molar-refractivity contribution is 0.506. The van der Waals surface area contributed by atoms with Gasteiger partial charge in [-0.3, -0.25) is 0 Å². The van der Waals surface area contributed by atoms with Gasteiger partial charge in [0.15, 0.2) is 0 Å². The van der Waals surface area contributed by atoms with Gasteiger partial charge >= 0.3 is 0 Å². The summed E-state index contributed by atoms with van der Waals surface area (Å²) in [6, 6.07) is 10.3. The van der Waals surface area contributed by atoms with Crippen LogP contribution in [0, 0.1) is 17.2 Å². The van der Waals surface area contributed by atoms with Gasteiger partial charge < -0.3 is 0 Å². The Morgan fingerprint density at radius 2 is 2.24 bits per heavy atom. The molecule has 0 fully saturated rings. The van der Waals surface area contributed by atoms with Crippen molar-refractivity contribution in [2.45, 2.75) is 26.2 Å². The van der Waals surface area contributed by atoms with Crippen molar-refractivity contribution in [2.75, 3.05) is 0 Å². The number of thiophene rings is 1. The fourth-order valence-electron chi connectivity index (χ4n) is 2.66. The molecule has 2 aromatic rings. The molecule has 0 N–H and O–H groups in total. The maximum absolute atomic E-state index is 9.47. The monoisotopic (exact) mass is 358 g/mol. The van der Waals surface area contributed by atoms with E-state index >= 15 is 0 Å². The second-order valence-corrected chi connectivity index (χ2v) is 7.36. The molecule has 1 aliphatic carbocycles. The fourth-order valence-corrected chi connectivity index (χ4v) is 4.18. The van der Waals surface area contributed by atoms with Gasteiger partial charge in [-0.1, -0.05) is 41.1 Å². The van der Waals surface area contributed by atoms with Crippen molar-refractivity contribution in [3.63, 3.8) is 0 Å². The number of benzene rings is 1. The molecule has 0 spiro atoms. The van der Waals surface area contributed by atoms with Crippen molar-refractivity contribution in [1.29, 1.82) is 5.26 Å². The van der Waals surface area contributed by atoms with Crippen LogP contribution >= 0.6 is 27.3 Å². The molecular weight excluding hydrogens is 344 g/mol. The fraction of sp³-hybridized carbons (Fsp3) is 0.294. The number of nitriles is 1. The molecule has 0 amide bonds. The SMILES string of the molecule is CC1CCc2sc(/N=C/c3ccccc3Br)c(C#N)c2C1. The zero-order valence-corrected chi connectivity index (χ0v) is 14.2. The number of hydrogen-bond acceptors (Lipinski definition) is 3. The van der Waals surface area contributed by atoms with E-state index in [-0.39, 0.29) is 0 Å². The van der Waals surface area contributed by atoms with E-state index in [0.29, 0.717) is 5.92 Å². The summed E-state index contributed by atoms with van der Waals surface area (Å²) in [5.41, 5.74) is 3.05. The molecule has 1 aliphatic rings. The van der Waals surface area contributed by atoms with Crippen LogP contribution in [-0.4, -0.2) is 6.21 Å². The lowest BCUT2D eigenvalue weighted by atomic mass is 9.88. The highest BCUT2D eigenvalue weighted by Gasteiger charge is 2.23. The van der Waals surface area contributed by atoms with Crippen LogP contribution in [0.1, 0.15) is 34.9 Å². The molecular formula is C17H15BrN2S. The number of rotatable bonds is 2. The largest absolute Gasteiger partial charge is 0.244 e. The van der Waals surface area contributed by atoms with E-state index in [4.69, 9.17) is 0 Å². The molecule has 0 aliphatic heterocycles. The third-order valence-corrected chi connectivity index (χ3v) is 5.75. The summed E-state index contributed by atoms with van der Waals surface area (Å²) >= 11 is 5.20. The number of aliphatic imine (C=N–C) groups is 1. The van der Waals surface area contributed by atoms with E-state index in [0.717, 1.165) is 33.4 Å². The first-order valence-electron chi connectivity index (χ1n) is 7.02. The predicted octanol–water partition coefficient (Wildman–Crippen LogP) is 5.26. The van der Waals surface area contributed by atoms with E-state index in [1.54, 1.807) is 11.3 Å². The summed E-state index contributed by atoms with van der Waals surface area (Å²) in [7, 11) is 0. The van der Waals surface area contributed by atoms with Crippen LogP contribution in [0.5, 0.6) is 0 Å². The molecule has 2 nitrogen and oxygen atoms in total. The van der Waals surface area contributed by atoms with Crippen LogP contribution in [-0.2, 0) is 12.8 Å². The Bertz CT molecular complexity index is 740. The summed E-state index contributed by atoms with van der Waals surface area (Å²) in [6.07, 6.45) is 5.15. The number of hydrogen-bond donors (Lipinski definition) is 0. The first-order chi connectivity index (χ1) is 10.2. The van der Waals surface area contributed by atoms with Crippen molar-refractivity contribution in [2.24, 2.45) is 10.9 Å². The van der Waals surface area contributed by atoms with Gasteiger partial charge in [0.1, 0.15) is 11.1 Å². The molecule has 1 aromatic carbocycles. The van der Waals surface area contributed by atoms with E-state index in [9.17, 15) is 5.26 Å². The van der Waals surface area contributed by atoms with E-state index < -0.39 is 0 Å². The highest BCUT2D eigenvalue weighted by atomic mass is 79.9. The van der Waals surface area contributed by atoms with Crippen LogP contribution in [0.2, 0.25) is 0 Å². The first kappa shape index (κ1) is 14.5. The van der Waals surface area contributed by atoms with Crippen LogP contribution in [0.3, 0.4) is 0 Å². The van der Waals surface area contributed by atoms with Crippen LogP contribution in [0.25, 0.3) is 0 Å². The van der Waals surface area contributed by atoms with Gasteiger partial charge in [0, 0.05) is 21.1 Å². The predicted molar refractivity (Wildman–Crippen MR) is 91.6 cm³/mol. The Morgan fingerprint density at radius 3 is 3.00 bits per heavy atom. The number of fused-ring (bicyclic) bond motifs is 1. The van der Waals surface area contributed by atoms with Crippen molar-refractivity contribution in [3.05, 3.63) is 50.3 Å². The summed E-state index contributed by atoms with van der Waals surface area (Å²) in [4.78, 5) is 5.93. The molecule has 21 heavy (non-hydrogen) atoms. The minimum atomic E-state index is 0.666. The van der Waals surface area contributed by atoms with Crippen LogP contribution < -0.4 is 0 Å². The van der Waals surface area contributed by atoms with Crippen molar-refractivity contribution >= 4 is 38.5 Å². The van der Waals surface area contributed by atoms with E-state index in [2.05, 4.69) is 33.9 Å². The Hall–Kier alpha value is -1.44. The van der Waals surface area contributed by atoms with Gasteiger partial charge in [-0.2, -0.15) is 5.26 Å². The van der Waals surface area contributed by atoms with Crippen LogP contribution in [0.4, 0.5) is 5.00 Å². The van der Waals surface area contributed by atoms with E-state index in [1.807, 2.05) is 30.5 Å². The summed E-state index contributed by atoms with van der Waals surface area (Å²) < 4.78 is 1.02. The summed E-state index contributed by atoms with van der Waals surface area (Å²) in [5.74, 6) is 0.666.